The zero-order valence-corrected chi connectivity index (χ0v) is 12.6. The van der Waals surface area contributed by atoms with Gasteiger partial charge in [-0.1, -0.05) is 0 Å². The van der Waals surface area contributed by atoms with Crippen molar-refractivity contribution >= 4 is 21.8 Å². The number of aromatic nitrogens is 3. The molecule has 0 aliphatic carbocycles. The summed E-state index contributed by atoms with van der Waals surface area (Å²) in [6.07, 6.45) is 4.92. The van der Waals surface area contributed by atoms with E-state index in [0.29, 0.717) is 0 Å². The lowest BCUT2D eigenvalue weighted by molar-refractivity contribution is 0.311. The monoisotopic (exact) mass is 310 g/mol. The third-order valence-corrected chi connectivity index (χ3v) is 5.07. The van der Waals surface area contributed by atoms with Crippen molar-refractivity contribution in [2.45, 2.75) is 18.9 Å². The minimum absolute atomic E-state index is 0.0572. The highest BCUT2D eigenvalue weighted by Crippen LogP contribution is 2.21. The van der Waals surface area contributed by atoms with E-state index in [2.05, 4.69) is 14.9 Å². The topological polar surface area (TPSA) is 96.8 Å². The van der Waals surface area contributed by atoms with Crippen molar-refractivity contribution in [3.05, 3.63) is 24.7 Å². The minimum atomic E-state index is -3.63. The number of hydrogen-bond acceptors (Lipinski definition) is 5. The van der Waals surface area contributed by atoms with Gasteiger partial charge >= 0.3 is 0 Å². The number of hydrogen-bond donors (Lipinski definition) is 1. The summed E-state index contributed by atoms with van der Waals surface area (Å²) in [6.45, 7) is 1.46. The molecule has 0 atom stereocenters. The molecule has 0 unspecified atom stereocenters. The second kappa shape index (κ2) is 5.24. The molecule has 1 aliphatic heterocycles. The fraction of sp³-hybridized carbons (Fsp3) is 0.500. The smallest absolute Gasteiger partial charge is 0.276 e. The summed E-state index contributed by atoms with van der Waals surface area (Å²) in [5, 5.41) is 5.18. The Balaban J connectivity index is 1.76. The second-order valence-electron chi connectivity index (χ2n) is 5.19. The summed E-state index contributed by atoms with van der Waals surface area (Å²) in [6, 6.07) is 3.79. The highest BCUT2D eigenvalue weighted by atomic mass is 32.2. The molecule has 1 saturated heterocycles. The van der Waals surface area contributed by atoms with Gasteiger partial charge in [0, 0.05) is 32.4 Å². The van der Waals surface area contributed by atoms with Crippen molar-refractivity contribution in [1.82, 2.24) is 18.7 Å². The van der Waals surface area contributed by atoms with Crippen LogP contribution in [0.5, 0.6) is 0 Å². The molecule has 3 heterocycles. The molecule has 21 heavy (non-hydrogen) atoms. The molecule has 0 amide bonds. The maximum absolute atomic E-state index is 11.4. The Hall–Kier alpha value is -1.71. The average molecular weight is 310 g/mol. The lowest BCUT2D eigenvalue weighted by Gasteiger charge is -2.35. The molecule has 2 N–H and O–H groups in total. The van der Waals surface area contributed by atoms with E-state index in [1.165, 1.54) is 11.4 Å². The van der Waals surface area contributed by atoms with Gasteiger partial charge in [0.05, 0.1) is 0 Å². The molecule has 9 heteroatoms. The minimum Gasteiger partial charge on any atom is -0.342 e. The first-order valence-electron chi connectivity index (χ1n) is 6.75. The van der Waals surface area contributed by atoms with Crippen LogP contribution in [0.3, 0.4) is 0 Å². The van der Waals surface area contributed by atoms with Crippen molar-refractivity contribution in [2.24, 2.45) is 5.14 Å². The number of fused-ring (bicyclic) bond motifs is 1. The standard InChI is InChI=1S/C12H18N6O2S/c1-16(21(13,19)20)10-4-7-17(8-5-10)12-15-9-14-11-3-2-6-18(11)12/h2-3,6,9-10H,4-5,7-8H2,1H3,(H2,13,19,20). The van der Waals surface area contributed by atoms with E-state index in [1.807, 2.05) is 22.7 Å². The summed E-state index contributed by atoms with van der Waals surface area (Å²) in [5.41, 5.74) is 0.851. The number of nitrogens with zero attached hydrogens (tertiary/aromatic N) is 5. The largest absolute Gasteiger partial charge is 0.342 e. The van der Waals surface area contributed by atoms with E-state index >= 15 is 0 Å². The van der Waals surface area contributed by atoms with Crippen LogP contribution in [-0.2, 0) is 10.2 Å². The molecule has 2 aromatic rings. The van der Waals surface area contributed by atoms with Gasteiger partial charge in [0.1, 0.15) is 12.0 Å². The SMILES string of the molecule is CN(C1CCN(c2ncnc3cccn23)CC1)S(N)(=O)=O. The molecule has 0 saturated carbocycles. The van der Waals surface area contributed by atoms with E-state index in [-0.39, 0.29) is 6.04 Å². The number of rotatable bonds is 3. The fourth-order valence-corrected chi connectivity index (χ4v) is 3.35. The lowest BCUT2D eigenvalue weighted by Crippen LogP contribution is -2.48. The predicted molar refractivity (Wildman–Crippen MR) is 79.1 cm³/mol. The van der Waals surface area contributed by atoms with Crippen LogP contribution in [0.1, 0.15) is 12.8 Å². The maximum Gasteiger partial charge on any atom is 0.276 e. The molecule has 114 valence electrons. The average Bonchev–Trinajstić information content (AvgIpc) is 2.94. The van der Waals surface area contributed by atoms with Crippen LogP contribution in [0.2, 0.25) is 0 Å². The summed E-state index contributed by atoms with van der Waals surface area (Å²) in [7, 11) is -2.09. The third kappa shape index (κ3) is 2.71. The van der Waals surface area contributed by atoms with Crippen LogP contribution in [0.25, 0.3) is 5.65 Å². The molecule has 0 radical (unpaired) electrons. The Morgan fingerprint density at radius 3 is 2.71 bits per heavy atom. The molecular weight excluding hydrogens is 292 g/mol. The number of piperidine rings is 1. The summed E-state index contributed by atoms with van der Waals surface area (Å²) < 4.78 is 26.0. The highest BCUT2D eigenvalue weighted by Gasteiger charge is 2.28. The van der Waals surface area contributed by atoms with Gasteiger partial charge in [0.2, 0.25) is 5.95 Å². The molecule has 0 spiro atoms. The van der Waals surface area contributed by atoms with E-state index in [4.69, 9.17) is 5.14 Å². The van der Waals surface area contributed by atoms with E-state index in [9.17, 15) is 8.42 Å². The Morgan fingerprint density at radius 1 is 1.33 bits per heavy atom. The van der Waals surface area contributed by atoms with Gasteiger partial charge in [0.15, 0.2) is 0 Å². The predicted octanol–water partition coefficient (Wildman–Crippen LogP) is -0.167. The van der Waals surface area contributed by atoms with Crippen LogP contribution < -0.4 is 10.0 Å². The van der Waals surface area contributed by atoms with Gasteiger partial charge < -0.3 is 4.90 Å². The molecule has 2 aromatic heterocycles. The molecule has 0 aromatic carbocycles. The normalized spacial score (nSPS) is 17.8. The van der Waals surface area contributed by atoms with Crippen LogP contribution in [0.15, 0.2) is 24.7 Å². The van der Waals surface area contributed by atoms with Crippen molar-refractivity contribution in [3.63, 3.8) is 0 Å². The van der Waals surface area contributed by atoms with Gasteiger partial charge in [-0.15, -0.1) is 0 Å². The van der Waals surface area contributed by atoms with Gasteiger partial charge in [-0.3, -0.25) is 4.40 Å². The third-order valence-electron chi connectivity index (χ3n) is 3.97. The first kappa shape index (κ1) is 14.2. The first-order chi connectivity index (χ1) is 9.97. The lowest BCUT2D eigenvalue weighted by atomic mass is 10.1. The van der Waals surface area contributed by atoms with Crippen molar-refractivity contribution in [2.75, 3.05) is 25.0 Å². The quantitative estimate of drug-likeness (QED) is 0.849. The van der Waals surface area contributed by atoms with E-state index in [1.54, 1.807) is 6.33 Å². The Labute approximate surface area is 123 Å². The molecule has 8 nitrogen and oxygen atoms in total. The first-order valence-corrected chi connectivity index (χ1v) is 8.26. The molecule has 3 rings (SSSR count). The summed E-state index contributed by atoms with van der Waals surface area (Å²) in [5.74, 6) is 0.835. The van der Waals surface area contributed by atoms with Gasteiger partial charge in [-0.2, -0.15) is 12.7 Å². The zero-order chi connectivity index (χ0) is 15.0. The van der Waals surface area contributed by atoms with Crippen LogP contribution in [0.4, 0.5) is 5.95 Å². The Kier molecular flexibility index (Phi) is 3.56. The Morgan fingerprint density at radius 2 is 2.05 bits per heavy atom. The second-order valence-corrected chi connectivity index (χ2v) is 6.80. The van der Waals surface area contributed by atoms with Crippen LogP contribution >= 0.6 is 0 Å². The molecular formula is C12H18N6O2S. The van der Waals surface area contributed by atoms with Crippen molar-refractivity contribution < 1.29 is 8.42 Å². The molecule has 1 fully saturated rings. The number of nitrogens with two attached hydrogens (primary N) is 1. The maximum atomic E-state index is 11.4. The van der Waals surface area contributed by atoms with E-state index in [0.717, 1.165) is 37.5 Å². The van der Waals surface area contributed by atoms with Gasteiger partial charge in [-0.25, -0.2) is 15.1 Å². The molecule has 0 bridgehead atoms. The number of anilines is 1. The van der Waals surface area contributed by atoms with Crippen molar-refractivity contribution in [3.8, 4) is 0 Å². The van der Waals surface area contributed by atoms with Gasteiger partial charge in [0.25, 0.3) is 10.2 Å². The highest BCUT2D eigenvalue weighted by molar-refractivity contribution is 7.86. The zero-order valence-electron chi connectivity index (χ0n) is 11.8. The van der Waals surface area contributed by atoms with Crippen molar-refractivity contribution in [1.29, 1.82) is 0 Å². The van der Waals surface area contributed by atoms with Crippen LogP contribution in [0, 0.1) is 0 Å². The van der Waals surface area contributed by atoms with Gasteiger partial charge in [-0.05, 0) is 25.0 Å². The fourth-order valence-electron chi connectivity index (χ4n) is 2.72. The summed E-state index contributed by atoms with van der Waals surface area (Å²) >= 11 is 0. The van der Waals surface area contributed by atoms with Crippen LogP contribution in [-0.4, -0.2) is 53.3 Å². The molecule has 1 aliphatic rings. The Bertz CT molecular complexity index is 735. The van der Waals surface area contributed by atoms with E-state index < -0.39 is 10.2 Å². The summed E-state index contributed by atoms with van der Waals surface area (Å²) in [4.78, 5) is 10.7.